The number of amides is 1. The third-order valence-corrected chi connectivity index (χ3v) is 6.25. The number of Topliss-reactive ketones (excluding diaryl/α,β-unsaturated/α-hetero) is 1. The van der Waals surface area contributed by atoms with Crippen molar-refractivity contribution in [1.82, 2.24) is 0 Å². The van der Waals surface area contributed by atoms with E-state index in [9.17, 15) is 14.7 Å². The fourth-order valence-corrected chi connectivity index (χ4v) is 4.41. The fourth-order valence-electron chi connectivity index (χ4n) is 4.41. The molecular formula is C29H26N2O5. The molecule has 0 radical (unpaired) electrons. The second-order valence-corrected chi connectivity index (χ2v) is 8.72. The number of aliphatic hydroxyl groups is 1. The predicted octanol–water partition coefficient (Wildman–Crippen LogP) is 5.33. The minimum atomic E-state index is -0.905. The number of anilines is 1. The lowest BCUT2D eigenvalue weighted by molar-refractivity contribution is -0.132. The molecule has 1 unspecified atom stereocenters. The summed E-state index contributed by atoms with van der Waals surface area (Å²) in [6.07, 6.45) is 0. The third kappa shape index (κ3) is 4.29. The van der Waals surface area contributed by atoms with Gasteiger partial charge in [0.2, 0.25) is 0 Å². The van der Waals surface area contributed by atoms with Gasteiger partial charge in [0.1, 0.15) is 17.3 Å². The lowest BCUT2D eigenvalue weighted by atomic mass is 9.93. The van der Waals surface area contributed by atoms with E-state index in [0.717, 1.165) is 5.56 Å². The number of ether oxygens (including phenoxy) is 2. The molecular weight excluding hydrogens is 456 g/mol. The van der Waals surface area contributed by atoms with Crippen molar-refractivity contribution < 1.29 is 24.2 Å². The summed E-state index contributed by atoms with van der Waals surface area (Å²) in [6.45, 7) is 4.00. The molecule has 0 bridgehead atoms. The van der Waals surface area contributed by atoms with Crippen molar-refractivity contribution in [3.05, 3.63) is 94.6 Å². The van der Waals surface area contributed by atoms with Crippen LogP contribution in [0.3, 0.4) is 0 Å². The first-order valence-electron chi connectivity index (χ1n) is 11.4. The van der Waals surface area contributed by atoms with Crippen molar-refractivity contribution in [1.29, 1.82) is 5.26 Å². The van der Waals surface area contributed by atoms with Crippen LogP contribution in [0.4, 0.5) is 5.69 Å². The average molecular weight is 483 g/mol. The Kier molecular flexibility index (Phi) is 6.80. The second-order valence-electron chi connectivity index (χ2n) is 8.72. The first-order chi connectivity index (χ1) is 17.3. The number of nitrogens with zero attached hydrogens (tertiary/aromatic N) is 2. The van der Waals surface area contributed by atoms with Gasteiger partial charge in [-0.05, 0) is 71.6 Å². The quantitative estimate of drug-likeness (QED) is 0.290. The molecule has 1 amide bonds. The van der Waals surface area contributed by atoms with Crippen LogP contribution in [-0.4, -0.2) is 31.0 Å². The van der Waals surface area contributed by atoms with Crippen molar-refractivity contribution >= 4 is 23.1 Å². The molecule has 36 heavy (non-hydrogen) atoms. The van der Waals surface area contributed by atoms with E-state index in [1.54, 1.807) is 73.8 Å². The third-order valence-electron chi connectivity index (χ3n) is 6.25. The number of aliphatic hydroxyl groups excluding tert-OH is 1. The van der Waals surface area contributed by atoms with Gasteiger partial charge in [0.05, 0.1) is 37.5 Å². The van der Waals surface area contributed by atoms with Crippen molar-refractivity contribution in [2.75, 3.05) is 19.1 Å². The Morgan fingerprint density at radius 1 is 1.00 bits per heavy atom. The molecule has 182 valence electrons. The maximum absolute atomic E-state index is 13.4. The number of methoxy groups -OCH3 is 2. The van der Waals surface area contributed by atoms with Gasteiger partial charge in [-0.15, -0.1) is 0 Å². The summed E-state index contributed by atoms with van der Waals surface area (Å²) in [5, 5.41) is 20.6. The highest BCUT2D eigenvalue weighted by atomic mass is 16.5. The normalized spacial score (nSPS) is 16.8. The summed E-state index contributed by atoms with van der Waals surface area (Å²) in [6, 6.07) is 19.7. The lowest BCUT2D eigenvalue weighted by Crippen LogP contribution is -2.29. The van der Waals surface area contributed by atoms with Gasteiger partial charge in [0, 0.05) is 11.3 Å². The van der Waals surface area contributed by atoms with Crippen LogP contribution in [0.25, 0.3) is 5.76 Å². The maximum atomic E-state index is 13.4. The fraction of sp³-hybridized carbons (Fsp3) is 0.207. The second kappa shape index (κ2) is 9.96. The molecule has 7 nitrogen and oxygen atoms in total. The molecule has 0 aromatic heterocycles. The number of nitriles is 1. The number of rotatable bonds is 6. The highest BCUT2D eigenvalue weighted by Gasteiger charge is 2.47. The summed E-state index contributed by atoms with van der Waals surface area (Å²) in [4.78, 5) is 28.1. The van der Waals surface area contributed by atoms with Gasteiger partial charge < -0.3 is 14.6 Å². The monoisotopic (exact) mass is 482 g/mol. The van der Waals surface area contributed by atoms with Crippen LogP contribution >= 0.6 is 0 Å². The Balaban J connectivity index is 1.95. The van der Waals surface area contributed by atoms with Crippen LogP contribution in [0.5, 0.6) is 11.5 Å². The lowest BCUT2D eigenvalue weighted by Gasteiger charge is -2.26. The zero-order valence-electron chi connectivity index (χ0n) is 20.5. The van der Waals surface area contributed by atoms with Crippen molar-refractivity contribution in [3.63, 3.8) is 0 Å². The minimum Gasteiger partial charge on any atom is -0.507 e. The molecule has 3 aromatic rings. The summed E-state index contributed by atoms with van der Waals surface area (Å²) in [7, 11) is 3.11. The molecule has 7 heteroatoms. The summed E-state index contributed by atoms with van der Waals surface area (Å²) >= 11 is 0. The molecule has 1 N–H and O–H groups in total. The van der Waals surface area contributed by atoms with Gasteiger partial charge >= 0.3 is 0 Å². The van der Waals surface area contributed by atoms with E-state index in [-0.39, 0.29) is 17.3 Å². The van der Waals surface area contributed by atoms with E-state index >= 15 is 0 Å². The molecule has 1 atom stereocenters. The van der Waals surface area contributed by atoms with Gasteiger partial charge in [-0.1, -0.05) is 26.0 Å². The summed E-state index contributed by atoms with van der Waals surface area (Å²) < 4.78 is 10.8. The van der Waals surface area contributed by atoms with Crippen LogP contribution in [0.15, 0.2) is 72.3 Å². The van der Waals surface area contributed by atoms with E-state index in [1.165, 1.54) is 12.0 Å². The SMILES string of the molecule is COc1cccc(C2/C(=C(/O)c3ccc(OC)c(C(C)C)c3)C(=O)C(=O)N2c2ccc(C#N)cc2)c1. The van der Waals surface area contributed by atoms with Crippen LogP contribution in [0.1, 0.15) is 48.1 Å². The molecule has 1 saturated heterocycles. The van der Waals surface area contributed by atoms with Gasteiger partial charge in [-0.2, -0.15) is 5.26 Å². The van der Waals surface area contributed by atoms with Crippen molar-refractivity contribution in [3.8, 4) is 17.6 Å². The van der Waals surface area contributed by atoms with E-state index < -0.39 is 17.7 Å². The number of hydrogen-bond donors (Lipinski definition) is 1. The molecule has 4 rings (SSSR count). The van der Waals surface area contributed by atoms with E-state index in [0.29, 0.717) is 33.9 Å². The smallest absolute Gasteiger partial charge is 0.300 e. The molecule has 0 spiro atoms. The molecule has 1 heterocycles. The molecule has 1 fully saturated rings. The molecule has 0 aliphatic carbocycles. The summed E-state index contributed by atoms with van der Waals surface area (Å²) in [5.41, 5.74) is 2.69. The Morgan fingerprint density at radius 3 is 2.33 bits per heavy atom. The average Bonchev–Trinajstić information content (AvgIpc) is 3.17. The minimum absolute atomic E-state index is 0.0301. The van der Waals surface area contributed by atoms with E-state index in [4.69, 9.17) is 14.7 Å². The molecule has 3 aromatic carbocycles. The first kappa shape index (κ1) is 24.6. The van der Waals surface area contributed by atoms with E-state index in [2.05, 4.69) is 0 Å². The molecule has 1 aliphatic rings. The van der Waals surface area contributed by atoms with Gasteiger partial charge in [0.25, 0.3) is 11.7 Å². The highest BCUT2D eigenvalue weighted by Crippen LogP contribution is 2.43. The first-order valence-corrected chi connectivity index (χ1v) is 11.4. The van der Waals surface area contributed by atoms with Crippen molar-refractivity contribution in [2.24, 2.45) is 0 Å². The Hall–Kier alpha value is -4.57. The molecule has 0 saturated carbocycles. The van der Waals surface area contributed by atoms with Crippen LogP contribution < -0.4 is 14.4 Å². The Morgan fingerprint density at radius 2 is 1.72 bits per heavy atom. The van der Waals surface area contributed by atoms with Gasteiger partial charge in [0.15, 0.2) is 0 Å². The number of carbonyl (C=O) groups excluding carboxylic acids is 2. The van der Waals surface area contributed by atoms with Gasteiger partial charge in [-0.3, -0.25) is 14.5 Å². The standard InChI is InChI=1S/C29H26N2O5/c1-17(2)23-15-20(10-13-24(23)36-4)27(32)25-26(19-6-5-7-22(14-19)35-3)31(29(34)28(25)33)21-11-8-18(16-30)9-12-21/h5-15,17,26,32H,1-4H3/b27-25-. The Labute approximate surface area is 209 Å². The predicted molar refractivity (Wildman–Crippen MR) is 136 cm³/mol. The number of carbonyl (C=O) groups is 2. The largest absolute Gasteiger partial charge is 0.507 e. The Bertz CT molecular complexity index is 1400. The van der Waals surface area contributed by atoms with Gasteiger partial charge in [-0.25, -0.2) is 0 Å². The number of hydrogen-bond acceptors (Lipinski definition) is 6. The van der Waals surface area contributed by atoms with Crippen LogP contribution in [-0.2, 0) is 9.59 Å². The van der Waals surface area contributed by atoms with Crippen molar-refractivity contribution in [2.45, 2.75) is 25.8 Å². The van der Waals surface area contributed by atoms with Crippen LogP contribution in [0, 0.1) is 11.3 Å². The number of ketones is 1. The van der Waals surface area contributed by atoms with Crippen LogP contribution in [0.2, 0.25) is 0 Å². The zero-order chi connectivity index (χ0) is 26.0. The molecule has 1 aliphatic heterocycles. The number of benzene rings is 3. The topological polar surface area (TPSA) is 99.9 Å². The summed E-state index contributed by atoms with van der Waals surface area (Å²) in [5.74, 6) is -0.531. The van der Waals surface area contributed by atoms with E-state index in [1.807, 2.05) is 19.9 Å². The highest BCUT2D eigenvalue weighted by molar-refractivity contribution is 6.51. The zero-order valence-corrected chi connectivity index (χ0v) is 20.5. The maximum Gasteiger partial charge on any atom is 0.300 e.